The molecule has 0 aliphatic carbocycles. The monoisotopic (exact) mass is 224 g/mol. The molecule has 0 N–H and O–H groups in total. The molecule has 15 heavy (non-hydrogen) atoms. The molecular weight excluding hydrogens is 212 g/mol. The summed E-state index contributed by atoms with van der Waals surface area (Å²) >= 11 is 6.05. The molecule has 4 heteroatoms. The van der Waals surface area contributed by atoms with E-state index in [-0.39, 0.29) is 0 Å². The highest BCUT2D eigenvalue weighted by molar-refractivity contribution is 6.33. The van der Waals surface area contributed by atoms with E-state index in [9.17, 15) is 0 Å². The number of imidazole rings is 1. The number of aryl methyl sites for hydroxylation is 1. The van der Waals surface area contributed by atoms with Crippen molar-refractivity contribution >= 4 is 17.1 Å². The van der Waals surface area contributed by atoms with E-state index in [4.69, 9.17) is 16.3 Å². The molecule has 0 bridgehead atoms. The number of halogens is 1. The van der Waals surface area contributed by atoms with Crippen LogP contribution in [0.15, 0.2) is 24.5 Å². The Kier molecular flexibility index (Phi) is 3.23. The quantitative estimate of drug-likeness (QED) is 0.747. The van der Waals surface area contributed by atoms with Crippen molar-refractivity contribution in [1.29, 1.82) is 0 Å². The molecule has 0 unspecified atom stereocenters. The minimum absolute atomic E-state index is 0.739. The van der Waals surface area contributed by atoms with E-state index in [0.717, 1.165) is 35.8 Å². The van der Waals surface area contributed by atoms with Gasteiger partial charge in [-0.25, -0.2) is 4.98 Å². The van der Waals surface area contributed by atoms with E-state index in [0.29, 0.717) is 0 Å². The first-order valence-corrected chi connectivity index (χ1v) is 5.30. The lowest BCUT2D eigenvalue weighted by atomic mass is 10.3. The number of nitrogens with zero attached hydrogens (tertiary/aromatic N) is 2. The normalized spacial score (nSPS) is 11.1. The molecule has 0 aliphatic heterocycles. The number of rotatable bonds is 4. The van der Waals surface area contributed by atoms with Crippen molar-refractivity contribution < 1.29 is 4.74 Å². The molecule has 0 radical (unpaired) electrons. The Labute approximate surface area is 93.6 Å². The molecule has 0 atom stereocenters. The van der Waals surface area contributed by atoms with Gasteiger partial charge in [0.05, 0.1) is 16.7 Å². The lowest BCUT2D eigenvalue weighted by Gasteiger charge is -2.01. The van der Waals surface area contributed by atoms with Crippen LogP contribution >= 0.6 is 11.6 Å². The fraction of sp³-hybridized carbons (Fsp3) is 0.364. The molecule has 0 saturated carbocycles. The van der Waals surface area contributed by atoms with Crippen LogP contribution in [-0.4, -0.2) is 23.1 Å². The van der Waals surface area contributed by atoms with E-state index in [2.05, 4.69) is 4.98 Å². The average Bonchev–Trinajstić information content (AvgIpc) is 2.64. The van der Waals surface area contributed by atoms with Crippen LogP contribution in [0.5, 0.6) is 0 Å². The van der Waals surface area contributed by atoms with Gasteiger partial charge in [0.15, 0.2) is 0 Å². The first-order valence-electron chi connectivity index (χ1n) is 4.92. The topological polar surface area (TPSA) is 26.5 Å². The Hall–Kier alpha value is -1.06. The molecule has 2 rings (SSSR count). The maximum Gasteiger partial charge on any atom is 0.113 e. The second-order valence-electron chi connectivity index (χ2n) is 3.38. The van der Waals surface area contributed by atoms with Gasteiger partial charge in [-0.2, -0.15) is 0 Å². The summed E-state index contributed by atoms with van der Waals surface area (Å²) in [6.45, 7) is 0.759. The van der Waals surface area contributed by atoms with Gasteiger partial charge in [-0.1, -0.05) is 11.6 Å². The Bertz CT molecular complexity index is 453. The lowest BCUT2D eigenvalue weighted by molar-refractivity contribution is 0.194. The molecule has 3 nitrogen and oxygen atoms in total. The summed E-state index contributed by atoms with van der Waals surface area (Å²) in [5.41, 5.74) is 0.964. The number of aromatic nitrogens is 2. The van der Waals surface area contributed by atoms with Gasteiger partial charge in [-0.15, -0.1) is 0 Å². The Balaban J connectivity index is 2.25. The van der Waals surface area contributed by atoms with Gasteiger partial charge in [0.1, 0.15) is 5.82 Å². The van der Waals surface area contributed by atoms with Gasteiger partial charge >= 0.3 is 0 Å². The zero-order valence-electron chi connectivity index (χ0n) is 8.61. The number of fused-ring (bicyclic) bond motifs is 1. The van der Waals surface area contributed by atoms with Crippen LogP contribution in [0.1, 0.15) is 12.2 Å². The van der Waals surface area contributed by atoms with Crippen molar-refractivity contribution in [3.05, 3.63) is 35.4 Å². The average molecular weight is 225 g/mol. The molecule has 2 aromatic rings. The van der Waals surface area contributed by atoms with Crippen molar-refractivity contribution in [3.8, 4) is 0 Å². The number of methoxy groups -OCH3 is 1. The lowest BCUT2D eigenvalue weighted by Crippen LogP contribution is -1.98. The third kappa shape index (κ3) is 2.13. The fourth-order valence-corrected chi connectivity index (χ4v) is 1.81. The predicted octanol–water partition coefficient (Wildman–Crippen LogP) is 2.57. The molecule has 0 saturated heterocycles. The number of hydrogen-bond donors (Lipinski definition) is 0. The first kappa shape index (κ1) is 10.5. The van der Waals surface area contributed by atoms with Crippen molar-refractivity contribution in [1.82, 2.24) is 9.38 Å². The minimum Gasteiger partial charge on any atom is -0.385 e. The Morgan fingerprint density at radius 2 is 2.40 bits per heavy atom. The third-order valence-corrected chi connectivity index (χ3v) is 2.66. The number of ether oxygens (including phenoxy) is 1. The van der Waals surface area contributed by atoms with Crippen molar-refractivity contribution in [3.63, 3.8) is 0 Å². The SMILES string of the molecule is COCCCc1ncc2c(Cl)cccn12. The standard InChI is InChI=1S/C11H13ClN2O/c1-15-7-3-5-11-13-8-10-9(12)4-2-6-14(10)11/h2,4,6,8H,3,5,7H2,1H3. The van der Waals surface area contributed by atoms with Gasteiger partial charge in [0, 0.05) is 26.3 Å². The van der Waals surface area contributed by atoms with Crippen molar-refractivity contribution in [2.75, 3.05) is 13.7 Å². The molecule has 2 heterocycles. The highest BCUT2D eigenvalue weighted by Crippen LogP contribution is 2.18. The van der Waals surface area contributed by atoms with Crippen LogP contribution in [0.2, 0.25) is 5.02 Å². The maximum atomic E-state index is 6.05. The van der Waals surface area contributed by atoms with Gasteiger partial charge in [-0.3, -0.25) is 0 Å². The predicted molar refractivity (Wildman–Crippen MR) is 60.4 cm³/mol. The summed E-state index contributed by atoms with van der Waals surface area (Å²) in [6, 6.07) is 3.80. The molecule has 0 aromatic carbocycles. The molecule has 2 aromatic heterocycles. The summed E-state index contributed by atoms with van der Waals surface area (Å²) in [5.74, 6) is 1.03. The fourth-order valence-electron chi connectivity index (χ4n) is 1.60. The van der Waals surface area contributed by atoms with Crippen LogP contribution < -0.4 is 0 Å². The van der Waals surface area contributed by atoms with Crippen LogP contribution in [0.3, 0.4) is 0 Å². The second-order valence-corrected chi connectivity index (χ2v) is 3.79. The Morgan fingerprint density at radius 3 is 3.20 bits per heavy atom. The number of hydrogen-bond acceptors (Lipinski definition) is 2. The summed E-state index contributed by atoms with van der Waals surface area (Å²) < 4.78 is 7.04. The van der Waals surface area contributed by atoms with Crippen molar-refractivity contribution in [2.45, 2.75) is 12.8 Å². The second kappa shape index (κ2) is 4.64. The minimum atomic E-state index is 0.739. The molecule has 80 valence electrons. The van der Waals surface area contributed by atoms with E-state index < -0.39 is 0 Å². The summed E-state index contributed by atoms with van der Waals surface area (Å²) in [4.78, 5) is 4.35. The van der Waals surface area contributed by atoms with E-state index in [1.807, 2.05) is 28.9 Å². The van der Waals surface area contributed by atoms with E-state index in [1.165, 1.54) is 0 Å². The van der Waals surface area contributed by atoms with Crippen LogP contribution in [0.4, 0.5) is 0 Å². The van der Waals surface area contributed by atoms with E-state index in [1.54, 1.807) is 7.11 Å². The van der Waals surface area contributed by atoms with Gasteiger partial charge < -0.3 is 9.14 Å². The molecular formula is C11H13ClN2O. The molecule has 0 amide bonds. The highest BCUT2D eigenvalue weighted by Gasteiger charge is 2.04. The first-order chi connectivity index (χ1) is 7.33. The largest absolute Gasteiger partial charge is 0.385 e. The summed E-state index contributed by atoms with van der Waals surface area (Å²) in [5, 5.41) is 0.739. The Morgan fingerprint density at radius 1 is 1.53 bits per heavy atom. The molecule has 0 fully saturated rings. The maximum absolute atomic E-state index is 6.05. The molecule has 0 spiro atoms. The number of pyridine rings is 1. The highest BCUT2D eigenvalue weighted by atomic mass is 35.5. The third-order valence-electron chi connectivity index (χ3n) is 2.34. The van der Waals surface area contributed by atoms with Crippen LogP contribution in [0, 0.1) is 0 Å². The smallest absolute Gasteiger partial charge is 0.113 e. The zero-order chi connectivity index (χ0) is 10.7. The van der Waals surface area contributed by atoms with Gasteiger partial charge in [0.2, 0.25) is 0 Å². The van der Waals surface area contributed by atoms with Crippen molar-refractivity contribution in [2.24, 2.45) is 0 Å². The van der Waals surface area contributed by atoms with Gasteiger partial charge in [0.25, 0.3) is 0 Å². The molecule has 0 aliphatic rings. The van der Waals surface area contributed by atoms with Gasteiger partial charge in [-0.05, 0) is 18.6 Å². The van der Waals surface area contributed by atoms with E-state index >= 15 is 0 Å². The van der Waals surface area contributed by atoms with Crippen LogP contribution in [-0.2, 0) is 11.2 Å². The van der Waals surface area contributed by atoms with Crippen LogP contribution in [0.25, 0.3) is 5.52 Å². The zero-order valence-corrected chi connectivity index (χ0v) is 9.37. The summed E-state index contributed by atoms with van der Waals surface area (Å²) in [7, 11) is 1.71. The summed E-state index contributed by atoms with van der Waals surface area (Å²) in [6.07, 6.45) is 5.67.